The first kappa shape index (κ1) is 17.0. The van der Waals surface area contributed by atoms with Crippen molar-refractivity contribution in [2.75, 3.05) is 18.1 Å². The topological polar surface area (TPSA) is 64.6 Å². The highest BCUT2D eigenvalue weighted by Gasteiger charge is 2.23. The van der Waals surface area contributed by atoms with Crippen molar-refractivity contribution in [3.63, 3.8) is 0 Å². The van der Waals surface area contributed by atoms with Gasteiger partial charge in [0, 0.05) is 31.1 Å². The summed E-state index contributed by atoms with van der Waals surface area (Å²) in [5.74, 6) is 1.59. The number of hydrogen-bond acceptors (Lipinski definition) is 5. The Balaban J connectivity index is 1.41. The van der Waals surface area contributed by atoms with Crippen LogP contribution in [-0.4, -0.2) is 29.0 Å². The van der Waals surface area contributed by atoms with Gasteiger partial charge in [-0.1, -0.05) is 12.1 Å². The smallest absolute Gasteiger partial charge is 0.264 e. The Kier molecular flexibility index (Phi) is 4.96. The standard InChI is InChI=1S/C21H19N3O3/c25-21(24-13-5-8-18-19(24)9-4-12-22-18)15-26-16-6-3-7-17(14-16)27-20-10-1-2-11-23-20/h1-4,6-7,9-12,14H,5,8,13,15H2. The lowest BCUT2D eigenvalue weighted by Gasteiger charge is -2.28. The van der Waals surface area contributed by atoms with E-state index < -0.39 is 0 Å². The highest BCUT2D eigenvalue weighted by molar-refractivity contribution is 5.95. The number of hydrogen-bond donors (Lipinski definition) is 0. The maximum Gasteiger partial charge on any atom is 0.264 e. The van der Waals surface area contributed by atoms with Gasteiger partial charge in [-0.2, -0.15) is 0 Å². The van der Waals surface area contributed by atoms with E-state index in [4.69, 9.17) is 9.47 Å². The van der Waals surface area contributed by atoms with Crippen LogP contribution in [0.2, 0.25) is 0 Å². The van der Waals surface area contributed by atoms with Gasteiger partial charge in [0.1, 0.15) is 11.5 Å². The molecule has 2 aromatic heterocycles. The van der Waals surface area contributed by atoms with Crippen LogP contribution in [0.4, 0.5) is 5.69 Å². The fraction of sp³-hybridized carbons (Fsp3) is 0.190. The van der Waals surface area contributed by atoms with Crippen LogP contribution in [0.5, 0.6) is 17.4 Å². The van der Waals surface area contributed by atoms with E-state index in [-0.39, 0.29) is 12.5 Å². The molecule has 0 unspecified atom stereocenters. The number of fused-ring (bicyclic) bond motifs is 1. The van der Waals surface area contributed by atoms with Gasteiger partial charge in [-0.15, -0.1) is 0 Å². The molecule has 0 saturated carbocycles. The molecule has 0 atom stereocenters. The third kappa shape index (κ3) is 4.06. The number of aryl methyl sites for hydroxylation is 1. The Labute approximate surface area is 157 Å². The van der Waals surface area contributed by atoms with E-state index in [2.05, 4.69) is 9.97 Å². The average molecular weight is 361 g/mol. The second-order valence-corrected chi connectivity index (χ2v) is 6.15. The number of benzene rings is 1. The van der Waals surface area contributed by atoms with E-state index >= 15 is 0 Å². The maximum absolute atomic E-state index is 12.6. The van der Waals surface area contributed by atoms with Crippen molar-refractivity contribution in [3.05, 3.63) is 72.7 Å². The molecule has 0 radical (unpaired) electrons. The second kappa shape index (κ2) is 7.86. The lowest BCUT2D eigenvalue weighted by atomic mass is 10.1. The third-order valence-electron chi connectivity index (χ3n) is 4.28. The molecule has 3 aromatic rings. The van der Waals surface area contributed by atoms with E-state index in [9.17, 15) is 4.79 Å². The summed E-state index contributed by atoms with van der Waals surface area (Å²) in [7, 11) is 0. The van der Waals surface area contributed by atoms with Crippen LogP contribution in [0.1, 0.15) is 12.1 Å². The molecule has 0 N–H and O–H groups in total. The quantitative estimate of drug-likeness (QED) is 0.694. The van der Waals surface area contributed by atoms with Crippen LogP contribution >= 0.6 is 0 Å². The van der Waals surface area contributed by atoms with Gasteiger partial charge in [-0.25, -0.2) is 4.98 Å². The Hall–Kier alpha value is -3.41. The van der Waals surface area contributed by atoms with E-state index in [1.165, 1.54) is 0 Å². The summed E-state index contributed by atoms with van der Waals surface area (Å²) in [5, 5.41) is 0. The summed E-state index contributed by atoms with van der Waals surface area (Å²) in [5.41, 5.74) is 1.84. The van der Waals surface area contributed by atoms with Gasteiger partial charge in [0.25, 0.3) is 5.91 Å². The first-order chi connectivity index (χ1) is 13.3. The zero-order valence-electron chi connectivity index (χ0n) is 14.7. The summed E-state index contributed by atoms with van der Waals surface area (Å²) < 4.78 is 11.4. The van der Waals surface area contributed by atoms with Crippen molar-refractivity contribution in [2.45, 2.75) is 12.8 Å². The number of aromatic nitrogens is 2. The molecule has 3 heterocycles. The zero-order valence-corrected chi connectivity index (χ0v) is 14.7. The number of carbonyl (C=O) groups is 1. The molecule has 0 aliphatic carbocycles. The van der Waals surface area contributed by atoms with E-state index in [1.807, 2.05) is 36.4 Å². The van der Waals surface area contributed by atoms with Crippen LogP contribution < -0.4 is 14.4 Å². The number of carbonyl (C=O) groups excluding carboxylic acids is 1. The van der Waals surface area contributed by atoms with Crippen molar-refractivity contribution in [1.29, 1.82) is 0 Å². The molecule has 27 heavy (non-hydrogen) atoms. The summed E-state index contributed by atoms with van der Waals surface area (Å²) in [6.45, 7) is 0.644. The van der Waals surface area contributed by atoms with Crippen molar-refractivity contribution >= 4 is 11.6 Å². The highest BCUT2D eigenvalue weighted by Crippen LogP contribution is 2.26. The Morgan fingerprint density at radius 1 is 1.00 bits per heavy atom. The molecule has 136 valence electrons. The summed E-state index contributed by atoms with van der Waals surface area (Å²) in [4.78, 5) is 22.9. The van der Waals surface area contributed by atoms with Crippen LogP contribution in [0.3, 0.4) is 0 Å². The van der Waals surface area contributed by atoms with Gasteiger partial charge < -0.3 is 14.4 Å². The van der Waals surface area contributed by atoms with E-state index in [0.717, 1.165) is 24.2 Å². The minimum absolute atomic E-state index is 0.0403. The van der Waals surface area contributed by atoms with Crippen molar-refractivity contribution in [1.82, 2.24) is 9.97 Å². The van der Waals surface area contributed by atoms with Gasteiger partial charge >= 0.3 is 0 Å². The molecule has 6 nitrogen and oxygen atoms in total. The van der Waals surface area contributed by atoms with Crippen molar-refractivity contribution < 1.29 is 14.3 Å². The average Bonchev–Trinajstić information content (AvgIpc) is 2.72. The fourth-order valence-electron chi connectivity index (χ4n) is 3.03. The molecule has 1 amide bonds. The third-order valence-corrected chi connectivity index (χ3v) is 4.28. The maximum atomic E-state index is 12.6. The monoisotopic (exact) mass is 361 g/mol. The Morgan fingerprint density at radius 2 is 1.89 bits per heavy atom. The van der Waals surface area contributed by atoms with Gasteiger partial charge in [-0.3, -0.25) is 9.78 Å². The molecule has 1 aromatic carbocycles. The molecule has 0 fully saturated rings. The summed E-state index contributed by atoms with van der Waals surface area (Å²) in [6.07, 6.45) is 5.23. The molecular formula is C21H19N3O3. The first-order valence-electron chi connectivity index (χ1n) is 8.85. The van der Waals surface area contributed by atoms with Crippen LogP contribution in [0.25, 0.3) is 0 Å². The molecule has 0 bridgehead atoms. The molecule has 1 aliphatic rings. The molecule has 4 rings (SSSR count). The van der Waals surface area contributed by atoms with Crippen molar-refractivity contribution in [2.24, 2.45) is 0 Å². The number of anilines is 1. The van der Waals surface area contributed by atoms with E-state index in [1.54, 1.807) is 35.5 Å². The van der Waals surface area contributed by atoms with Gasteiger partial charge in [0.2, 0.25) is 5.88 Å². The fourth-order valence-corrected chi connectivity index (χ4v) is 3.03. The molecule has 6 heteroatoms. The molecule has 0 saturated heterocycles. The summed E-state index contributed by atoms with van der Waals surface area (Å²) >= 11 is 0. The normalized spacial score (nSPS) is 13.0. The number of nitrogens with zero attached hydrogens (tertiary/aromatic N) is 3. The van der Waals surface area contributed by atoms with Crippen LogP contribution in [0, 0.1) is 0 Å². The largest absolute Gasteiger partial charge is 0.484 e. The van der Waals surface area contributed by atoms with E-state index in [0.29, 0.717) is 23.9 Å². The van der Waals surface area contributed by atoms with Crippen LogP contribution in [0.15, 0.2) is 67.0 Å². The lowest BCUT2D eigenvalue weighted by Crippen LogP contribution is -2.38. The molecule has 1 aliphatic heterocycles. The predicted molar refractivity (Wildman–Crippen MR) is 101 cm³/mol. The predicted octanol–water partition coefficient (Wildman–Crippen LogP) is 3.63. The SMILES string of the molecule is O=C(COc1cccc(Oc2ccccn2)c1)N1CCCc2ncccc21. The first-order valence-corrected chi connectivity index (χ1v) is 8.85. The number of pyridine rings is 2. The minimum Gasteiger partial charge on any atom is -0.484 e. The molecular weight excluding hydrogens is 342 g/mol. The highest BCUT2D eigenvalue weighted by atomic mass is 16.5. The Bertz CT molecular complexity index is 931. The molecule has 0 spiro atoms. The summed E-state index contributed by atoms with van der Waals surface area (Å²) in [6, 6.07) is 16.4. The zero-order chi connectivity index (χ0) is 18.5. The van der Waals surface area contributed by atoms with Gasteiger partial charge in [0.05, 0.1) is 11.4 Å². The number of ether oxygens (including phenoxy) is 2. The number of amides is 1. The number of rotatable bonds is 5. The van der Waals surface area contributed by atoms with Crippen LogP contribution in [-0.2, 0) is 11.2 Å². The van der Waals surface area contributed by atoms with Gasteiger partial charge in [0.15, 0.2) is 6.61 Å². The second-order valence-electron chi connectivity index (χ2n) is 6.15. The lowest BCUT2D eigenvalue weighted by molar-refractivity contribution is -0.120. The van der Waals surface area contributed by atoms with Crippen molar-refractivity contribution in [3.8, 4) is 17.4 Å². The minimum atomic E-state index is -0.0833. The Morgan fingerprint density at radius 3 is 2.78 bits per heavy atom. The van der Waals surface area contributed by atoms with Gasteiger partial charge in [-0.05, 0) is 43.2 Å².